The number of rotatable bonds is 2. The predicted octanol–water partition coefficient (Wildman–Crippen LogP) is 3.31. The zero-order chi connectivity index (χ0) is 12.4. The highest BCUT2D eigenvalue weighted by atomic mass is 16.5. The summed E-state index contributed by atoms with van der Waals surface area (Å²) >= 11 is 0. The van der Waals surface area contributed by atoms with Crippen LogP contribution in [0, 0.1) is 0 Å². The average molecular weight is 236 g/mol. The Morgan fingerprint density at radius 3 is 2.50 bits per heavy atom. The van der Waals surface area contributed by atoms with Gasteiger partial charge in [-0.15, -0.1) is 0 Å². The second kappa shape index (κ2) is 4.45. The topological polar surface area (TPSA) is 35.0 Å². The van der Waals surface area contributed by atoms with Crippen LogP contribution in [0.2, 0.25) is 0 Å². The van der Waals surface area contributed by atoms with Crippen LogP contribution in [0.25, 0.3) is 22.0 Å². The van der Waals surface area contributed by atoms with Crippen LogP contribution in [0.4, 0.5) is 0 Å². The Bertz CT molecular complexity index is 680. The van der Waals surface area contributed by atoms with Crippen molar-refractivity contribution in [2.24, 2.45) is 0 Å². The van der Waals surface area contributed by atoms with E-state index < -0.39 is 0 Å². The minimum atomic E-state index is 0.638. The van der Waals surface area contributed by atoms with E-state index in [1.54, 1.807) is 19.5 Å². The lowest BCUT2D eigenvalue weighted by molar-refractivity contribution is 0.399. The number of nitrogens with zero attached hydrogens (tertiary/aromatic N) is 2. The minimum absolute atomic E-state index is 0.638. The Hall–Kier alpha value is -2.42. The van der Waals surface area contributed by atoms with Crippen molar-refractivity contribution in [3.8, 4) is 17.0 Å². The lowest BCUT2D eigenvalue weighted by atomic mass is 10.0. The first kappa shape index (κ1) is 10.7. The van der Waals surface area contributed by atoms with Crippen molar-refractivity contribution in [1.82, 2.24) is 9.97 Å². The monoisotopic (exact) mass is 236 g/mol. The number of benzene rings is 1. The third-order valence-electron chi connectivity index (χ3n) is 2.89. The van der Waals surface area contributed by atoms with Crippen molar-refractivity contribution >= 4 is 10.9 Å². The molecule has 0 N–H and O–H groups in total. The fraction of sp³-hybridized carbons (Fsp3) is 0.0667. The maximum atomic E-state index is 5.12. The third-order valence-corrected chi connectivity index (χ3v) is 2.89. The standard InChI is InChI=1S/C15H12N2O/c1-18-15-5-3-13-10-12(2-4-14(13)17-15)11-6-8-16-9-7-11/h2-10H,1H3. The van der Waals surface area contributed by atoms with Gasteiger partial charge in [0.2, 0.25) is 5.88 Å². The summed E-state index contributed by atoms with van der Waals surface area (Å²) in [5.74, 6) is 0.638. The van der Waals surface area contributed by atoms with Gasteiger partial charge in [0.05, 0.1) is 12.6 Å². The summed E-state index contributed by atoms with van der Waals surface area (Å²) in [6, 6.07) is 14.1. The zero-order valence-electron chi connectivity index (χ0n) is 10.00. The molecule has 2 heterocycles. The van der Waals surface area contributed by atoms with Crippen molar-refractivity contribution in [3.63, 3.8) is 0 Å². The molecule has 0 saturated carbocycles. The summed E-state index contributed by atoms with van der Waals surface area (Å²) in [6.45, 7) is 0. The summed E-state index contributed by atoms with van der Waals surface area (Å²) in [6.07, 6.45) is 3.59. The molecule has 0 amide bonds. The quantitative estimate of drug-likeness (QED) is 0.684. The highest BCUT2D eigenvalue weighted by Crippen LogP contribution is 2.24. The molecule has 3 heteroatoms. The van der Waals surface area contributed by atoms with Gasteiger partial charge in [-0.25, -0.2) is 4.98 Å². The Balaban J connectivity index is 2.12. The number of pyridine rings is 2. The molecule has 0 saturated heterocycles. The number of hydrogen-bond donors (Lipinski definition) is 0. The van der Waals surface area contributed by atoms with Gasteiger partial charge in [0, 0.05) is 23.8 Å². The number of aromatic nitrogens is 2. The van der Waals surface area contributed by atoms with Crippen molar-refractivity contribution in [2.45, 2.75) is 0 Å². The average Bonchev–Trinajstić information content (AvgIpc) is 2.47. The van der Waals surface area contributed by atoms with Crippen molar-refractivity contribution in [2.75, 3.05) is 7.11 Å². The fourth-order valence-corrected chi connectivity index (χ4v) is 1.94. The summed E-state index contributed by atoms with van der Waals surface area (Å²) < 4.78 is 5.12. The van der Waals surface area contributed by atoms with Gasteiger partial charge in [-0.1, -0.05) is 6.07 Å². The Morgan fingerprint density at radius 1 is 0.889 bits per heavy atom. The van der Waals surface area contributed by atoms with Crippen LogP contribution < -0.4 is 4.74 Å². The van der Waals surface area contributed by atoms with Gasteiger partial charge < -0.3 is 4.74 Å². The molecule has 0 radical (unpaired) electrons. The highest BCUT2D eigenvalue weighted by Gasteiger charge is 2.01. The third kappa shape index (κ3) is 1.91. The van der Waals surface area contributed by atoms with Crippen LogP contribution in [0.3, 0.4) is 0 Å². The molecular formula is C15H12N2O. The molecule has 88 valence electrons. The molecule has 2 aromatic heterocycles. The first-order valence-electron chi connectivity index (χ1n) is 5.72. The van der Waals surface area contributed by atoms with E-state index in [4.69, 9.17) is 4.74 Å². The summed E-state index contributed by atoms with van der Waals surface area (Å²) in [4.78, 5) is 8.42. The van der Waals surface area contributed by atoms with E-state index in [0.717, 1.165) is 22.0 Å². The number of hydrogen-bond acceptors (Lipinski definition) is 3. The lowest BCUT2D eigenvalue weighted by Crippen LogP contribution is -1.88. The predicted molar refractivity (Wildman–Crippen MR) is 71.5 cm³/mol. The molecule has 3 aromatic rings. The van der Waals surface area contributed by atoms with E-state index in [0.29, 0.717) is 5.88 Å². The molecule has 3 nitrogen and oxygen atoms in total. The van der Waals surface area contributed by atoms with E-state index in [9.17, 15) is 0 Å². The Labute approximate surface area is 105 Å². The zero-order valence-corrected chi connectivity index (χ0v) is 10.00. The molecule has 18 heavy (non-hydrogen) atoms. The normalized spacial score (nSPS) is 10.5. The maximum absolute atomic E-state index is 5.12. The maximum Gasteiger partial charge on any atom is 0.213 e. The second-order valence-corrected chi connectivity index (χ2v) is 4.00. The van der Waals surface area contributed by atoms with E-state index in [-0.39, 0.29) is 0 Å². The number of fused-ring (bicyclic) bond motifs is 1. The highest BCUT2D eigenvalue weighted by molar-refractivity contribution is 5.84. The molecule has 3 rings (SSSR count). The van der Waals surface area contributed by atoms with Crippen LogP contribution in [-0.4, -0.2) is 17.1 Å². The van der Waals surface area contributed by atoms with E-state index >= 15 is 0 Å². The van der Waals surface area contributed by atoms with Gasteiger partial charge in [0.1, 0.15) is 0 Å². The van der Waals surface area contributed by atoms with E-state index in [1.165, 1.54) is 0 Å². The van der Waals surface area contributed by atoms with Crippen LogP contribution in [-0.2, 0) is 0 Å². The summed E-state index contributed by atoms with van der Waals surface area (Å²) in [5, 5.41) is 1.10. The van der Waals surface area contributed by atoms with Crippen molar-refractivity contribution in [3.05, 3.63) is 54.9 Å². The van der Waals surface area contributed by atoms with Crippen molar-refractivity contribution < 1.29 is 4.74 Å². The summed E-state index contributed by atoms with van der Waals surface area (Å²) in [5.41, 5.74) is 3.26. The number of methoxy groups -OCH3 is 1. The molecule has 0 fully saturated rings. The largest absolute Gasteiger partial charge is 0.481 e. The summed E-state index contributed by atoms with van der Waals surface area (Å²) in [7, 11) is 1.62. The molecule has 0 spiro atoms. The van der Waals surface area contributed by atoms with Gasteiger partial charge in [-0.3, -0.25) is 4.98 Å². The smallest absolute Gasteiger partial charge is 0.213 e. The first-order valence-corrected chi connectivity index (χ1v) is 5.72. The molecule has 0 bridgehead atoms. The van der Waals surface area contributed by atoms with Crippen molar-refractivity contribution in [1.29, 1.82) is 0 Å². The van der Waals surface area contributed by atoms with Crippen LogP contribution in [0.5, 0.6) is 5.88 Å². The van der Waals surface area contributed by atoms with Gasteiger partial charge in [-0.2, -0.15) is 0 Å². The first-order chi connectivity index (χ1) is 8.86. The molecule has 0 aliphatic carbocycles. The molecule has 1 aromatic carbocycles. The van der Waals surface area contributed by atoms with Crippen LogP contribution >= 0.6 is 0 Å². The molecule has 0 aliphatic rings. The second-order valence-electron chi connectivity index (χ2n) is 4.00. The van der Waals surface area contributed by atoms with Crippen LogP contribution in [0.15, 0.2) is 54.9 Å². The lowest BCUT2D eigenvalue weighted by Gasteiger charge is -2.05. The van der Waals surface area contributed by atoms with E-state index in [2.05, 4.69) is 22.1 Å². The van der Waals surface area contributed by atoms with Crippen LogP contribution in [0.1, 0.15) is 0 Å². The van der Waals surface area contributed by atoms with Gasteiger partial charge in [-0.05, 0) is 41.5 Å². The molecule has 0 aliphatic heterocycles. The Kier molecular flexibility index (Phi) is 2.65. The van der Waals surface area contributed by atoms with Gasteiger partial charge >= 0.3 is 0 Å². The molecule has 0 atom stereocenters. The van der Waals surface area contributed by atoms with Gasteiger partial charge in [0.15, 0.2) is 0 Å². The Morgan fingerprint density at radius 2 is 1.72 bits per heavy atom. The minimum Gasteiger partial charge on any atom is -0.481 e. The van der Waals surface area contributed by atoms with E-state index in [1.807, 2.05) is 30.3 Å². The number of ether oxygens (including phenoxy) is 1. The fourth-order valence-electron chi connectivity index (χ4n) is 1.94. The molecule has 0 unspecified atom stereocenters. The SMILES string of the molecule is COc1ccc2cc(-c3ccncc3)ccc2n1. The van der Waals surface area contributed by atoms with Gasteiger partial charge in [0.25, 0.3) is 0 Å². The molecular weight excluding hydrogens is 224 g/mol.